The first-order valence-corrected chi connectivity index (χ1v) is 3.81. The number of hydrogen-bond donors (Lipinski definition) is 2. The van der Waals surface area contributed by atoms with Crippen molar-refractivity contribution in [1.82, 2.24) is 5.32 Å². The standard InChI is InChI=1S/C8H16N2O.ClH/c1-6(2)7(3)8(11)10-5-4-9;/h4-5,9H2,1-3H3,(H,10,11);1H. The number of halogens is 1. The highest BCUT2D eigenvalue weighted by Gasteiger charge is 2.03. The molecular weight excluding hydrogens is 176 g/mol. The Balaban J connectivity index is 0. The first-order chi connectivity index (χ1) is 5.09. The average molecular weight is 193 g/mol. The molecule has 0 spiro atoms. The van der Waals surface area contributed by atoms with Gasteiger partial charge < -0.3 is 23.5 Å². The Bertz CT molecular complexity index is 174. The molecule has 12 heavy (non-hydrogen) atoms. The van der Waals surface area contributed by atoms with E-state index < -0.39 is 0 Å². The van der Waals surface area contributed by atoms with Crippen molar-refractivity contribution in [2.45, 2.75) is 20.8 Å². The lowest BCUT2D eigenvalue weighted by Crippen LogP contribution is -3.00. The van der Waals surface area contributed by atoms with Crippen molar-refractivity contribution in [1.29, 1.82) is 0 Å². The number of rotatable bonds is 3. The van der Waals surface area contributed by atoms with Gasteiger partial charge >= 0.3 is 0 Å². The minimum Gasteiger partial charge on any atom is -1.00 e. The van der Waals surface area contributed by atoms with Gasteiger partial charge in [-0.3, -0.25) is 4.79 Å². The first kappa shape index (κ1) is 14.0. The molecule has 0 aromatic rings. The number of quaternary nitrogens is 1. The van der Waals surface area contributed by atoms with Gasteiger partial charge in [-0.2, -0.15) is 0 Å². The normalized spacial score (nSPS) is 8.33. The molecule has 0 bridgehead atoms. The second-order valence-electron chi connectivity index (χ2n) is 2.73. The van der Waals surface area contributed by atoms with Crippen LogP contribution in [0.15, 0.2) is 11.1 Å². The van der Waals surface area contributed by atoms with Gasteiger partial charge in [0.1, 0.15) is 0 Å². The van der Waals surface area contributed by atoms with Gasteiger partial charge in [0, 0.05) is 5.57 Å². The fourth-order valence-electron chi connectivity index (χ4n) is 0.562. The SMILES string of the molecule is CC(C)=C(C)C(=O)NCC[NH3+].[Cl-]. The van der Waals surface area contributed by atoms with Gasteiger partial charge in [-0.05, 0) is 20.8 Å². The van der Waals surface area contributed by atoms with Crippen molar-refractivity contribution in [3.05, 3.63) is 11.1 Å². The maximum absolute atomic E-state index is 11.1. The third-order valence-electron chi connectivity index (χ3n) is 1.55. The number of carbonyl (C=O) groups is 1. The zero-order valence-electron chi connectivity index (χ0n) is 7.91. The summed E-state index contributed by atoms with van der Waals surface area (Å²) in [5.41, 5.74) is 5.50. The third-order valence-corrected chi connectivity index (χ3v) is 1.55. The van der Waals surface area contributed by atoms with Crippen LogP contribution in [0.4, 0.5) is 0 Å². The largest absolute Gasteiger partial charge is 1.00 e. The molecule has 0 aromatic carbocycles. The summed E-state index contributed by atoms with van der Waals surface area (Å²) in [4.78, 5) is 11.1. The monoisotopic (exact) mass is 192 g/mol. The van der Waals surface area contributed by atoms with E-state index in [4.69, 9.17) is 0 Å². The molecule has 0 aromatic heterocycles. The van der Waals surface area contributed by atoms with Crippen molar-refractivity contribution in [2.24, 2.45) is 0 Å². The number of allylic oxidation sites excluding steroid dienone is 1. The lowest BCUT2D eigenvalue weighted by atomic mass is 10.2. The zero-order chi connectivity index (χ0) is 8.85. The number of hydrogen-bond acceptors (Lipinski definition) is 1. The number of amides is 1. The van der Waals surface area contributed by atoms with E-state index in [0.717, 1.165) is 17.7 Å². The molecule has 0 aliphatic heterocycles. The van der Waals surface area contributed by atoms with E-state index in [2.05, 4.69) is 11.1 Å². The second kappa shape index (κ2) is 7.13. The van der Waals surface area contributed by atoms with Crippen LogP contribution in [-0.2, 0) is 4.79 Å². The molecule has 0 fully saturated rings. The Labute approximate surface area is 79.8 Å². The quantitative estimate of drug-likeness (QED) is 0.453. The highest BCUT2D eigenvalue weighted by atomic mass is 35.5. The minimum absolute atomic E-state index is 0. The molecule has 72 valence electrons. The minimum atomic E-state index is 0. The van der Waals surface area contributed by atoms with Crippen molar-refractivity contribution < 1.29 is 22.9 Å². The van der Waals surface area contributed by atoms with Crippen LogP contribution in [-0.4, -0.2) is 19.0 Å². The predicted molar refractivity (Wildman–Crippen MR) is 44.8 cm³/mol. The molecule has 1 amide bonds. The Morgan fingerprint density at radius 1 is 1.33 bits per heavy atom. The second-order valence-corrected chi connectivity index (χ2v) is 2.73. The van der Waals surface area contributed by atoms with Gasteiger partial charge in [-0.15, -0.1) is 0 Å². The van der Waals surface area contributed by atoms with Gasteiger partial charge in [0.2, 0.25) is 5.91 Å². The molecule has 0 heterocycles. The van der Waals surface area contributed by atoms with Crippen molar-refractivity contribution >= 4 is 5.91 Å². The molecule has 0 unspecified atom stereocenters. The van der Waals surface area contributed by atoms with Crippen LogP contribution >= 0.6 is 0 Å². The Kier molecular flexibility index (Phi) is 8.32. The zero-order valence-corrected chi connectivity index (χ0v) is 8.66. The van der Waals surface area contributed by atoms with Crippen molar-refractivity contribution in [2.75, 3.05) is 13.1 Å². The van der Waals surface area contributed by atoms with E-state index in [9.17, 15) is 4.79 Å². The fraction of sp³-hybridized carbons (Fsp3) is 0.625. The molecule has 3 nitrogen and oxygen atoms in total. The number of carbonyl (C=O) groups excluding carboxylic acids is 1. The molecule has 0 aliphatic rings. The predicted octanol–water partition coefficient (Wildman–Crippen LogP) is -3.30. The van der Waals surface area contributed by atoms with Crippen LogP contribution in [0, 0.1) is 0 Å². The van der Waals surface area contributed by atoms with E-state index in [-0.39, 0.29) is 18.3 Å². The van der Waals surface area contributed by atoms with Crippen LogP contribution in [0.3, 0.4) is 0 Å². The van der Waals surface area contributed by atoms with E-state index >= 15 is 0 Å². The maximum Gasteiger partial charge on any atom is 0.247 e. The van der Waals surface area contributed by atoms with E-state index in [1.807, 2.05) is 20.8 Å². The van der Waals surface area contributed by atoms with Gasteiger partial charge in [-0.1, -0.05) is 5.57 Å². The summed E-state index contributed by atoms with van der Waals surface area (Å²) < 4.78 is 0. The molecule has 4 N–H and O–H groups in total. The summed E-state index contributed by atoms with van der Waals surface area (Å²) in [6, 6.07) is 0. The molecular formula is C8H17ClN2O. The van der Waals surface area contributed by atoms with E-state index in [1.54, 1.807) is 0 Å². The Morgan fingerprint density at radius 3 is 2.17 bits per heavy atom. The van der Waals surface area contributed by atoms with Crippen LogP contribution in [0.1, 0.15) is 20.8 Å². The summed E-state index contributed by atoms with van der Waals surface area (Å²) >= 11 is 0. The molecule has 4 heteroatoms. The molecule has 0 aliphatic carbocycles. The first-order valence-electron chi connectivity index (χ1n) is 3.81. The lowest BCUT2D eigenvalue weighted by Gasteiger charge is -2.03. The number of nitrogens with one attached hydrogen (secondary N) is 1. The van der Waals surface area contributed by atoms with Gasteiger partial charge in [0.25, 0.3) is 0 Å². The summed E-state index contributed by atoms with van der Waals surface area (Å²) in [5, 5.41) is 2.75. The van der Waals surface area contributed by atoms with Gasteiger partial charge in [0.05, 0.1) is 13.1 Å². The van der Waals surface area contributed by atoms with Crippen molar-refractivity contribution in [3.8, 4) is 0 Å². The van der Waals surface area contributed by atoms with E-state index in [0.29, 0.717) is 6.54 Å². The Morgan fingerprint density at radius 2 is 1.83 bits per heavy atom. The topological polar surface area (TPSA) is 56.7 Å². The Hall–Kier alpha value is -0.540. The van der Waals surface area contributed by atoms with Crippen LogP contribution in [0.2, 0.25) is 0 Å². The molecule has 0 radical (unpaired) electrons. The summed E-state index contributed by atoms with van der Waals surface area (Å²) in [6.07, 6.45) is 0. The highest BCUT2D eigenvalue weighted by molar-refractivity contribution is 5.93. The molecule has 0 saturated carbocycles. The van der Waals surface area contributed by atoms with Crippen LogP contribution in [0.5, 0.6) is 0 Å². The van der Waals surface area contributed by atoms with Crippen LogP contribution in [0.25, 0.3) is 0 Å². The smallest absolute Gasteiger partial charge is 0.247 e. The fourth-order valence-corrected chi connectivity index (χ4v) is 0.562. The van der Waals surface area contributed by atoms with Gasteiger partial charge in [-0.25, -0.2) is 0 Å². The van der Waals surface area contributed by atoms with Crippen LogP contribution < -0.4 is 23.5 Å². The van der Waals surface area contributed by atoms with Gasteiger partial charge in [0.15, 0.2) is 0 Å². The summed E-state index contributed by atoms with van der Waals surface area (Å²) in [6.45, 7) is 7.08. The van der Waals surface area contributed by atoms with E-state index in [1.165, 1.54) is 0 Å². The highest BCUT2D eigenvalue weighted by Crippen LogP contribution is 2.00. The maximum atomic E-state index is 11.1. The average Bonchev–Trinajstić information content (AvgIpc) is 1.98. The summed E-state index contributed by atoms with van der Waals surface area (Å²) in [5.74, 6) is 0.0219. The third kappa shape index (κ3) is 5.16. The molecule has 0 atom stereocenters. The summed E-state index contributed by atoms with van der Waals surface area (Å²) in [7, 11) is 0. The van der Waals surface area contributed by atoms with Crippen molar-refractivity contribution in [3.63, 3.8) is 0 Å². The molecule has 0 saturated heterocycles. The lowest BCUT2D eigenvalue weighted by molar-refractivity contribution is -0.364. The molecule has 0 rings (SSSR count).